The largest absolute Gasteiger partial charge is 0.381 e. The number of hydrogen-bond acceptors (Lipinski definition) is 2. The topological polar surface area (TPSA) is 26.3 Å². The van der Waals surface area contributed by atoms with E-state index in [9.17, 15) is 4.79 Å². The van der Waals surface area contributed by atoms with E-state index in [1.165, 1.54) is 12.0 Å². The molecule has 2 aliphatic rings. The van der Waals surface area contributed by atoms with Crippen LogP contribution < -0.4 is 0 Å². The van der Waals surface area contributed by atoms with Crippen molar-refractivity contribution in [1.29, 1.82) is 0 Å². The van der Waals surface area contributed by atoms with Gasteiger partial charge in [0.15, 0.2) is 0 Å². The van der Waals surface area contributed by atoms with E-state index in [0.29, 0.717) is 11.7 Å². The minimum atomic E-state index is -0.265. The first kappa shape index (κ1) is 12.9. The molecule has 2 fully saturated rings. The smallest absolute Gasteiger partial charge is 0.143 e. The van der Waals surface area contributed by atoms with Crippen LogP contribution in [0.2, 0.25) is 0 Å². The fraction of sp³-hybridized carbons (Fsp3) is 0.588. The average molecular weight is 258 g/mol. The Morgan fingerprint density at radius 3 is 2.68 bits per heavy atom. The molecule has 1 aromatic rings. The van der Waals surface area contributed by atoms with Gasteiger partial charge >= 0.3 is 0 Å². The highest BCUT2D eigenvalue weighted by atomic mass is 16.5. The summed E-state index contributed by atoms with van der Waals surface area (Å²) >= 11 is 0. The van der Waals surface area contributed by atoms with E-state index in [1.54, 1.807) is 7.11 Å². The molecule has 2 saturated carbocycles. The molecule has 0 bridgehead atoms. The van der Waals surface area contributed by atoms with Gasteiger partial charge < -0.3 is 4.74 Å². The molecule has 102 valence electrons. The SMILES string of the molecule is COC1CC[C@@H]2CCCC(=O)[C@]2(c2ccccc2)C1. The molecule has 1 unspecified atom stereocenters. The van der Waals surface area contributed by atoms with E-state index in [0.717, 1.165) is 32.1 Å². The van der Waals surface area contributed by atoms with Gasteiger partial charge in [0.2, 0.25) is 0 Å². The lowest BCUT2D eigenvalue weighted by molar-refractivity contribution is -0.134. The average Bonchev–Trinajstić information content (AvgIpc) is 2.48. The standard InChI is InChI=1S/C17H22O2/c1-19-15-11-10-14-8-5-9-16(18)17(14,12-15)13-6-3-2-4-7-13/h2-4,6-7,14-15H,5,8-12H2,1H3/t14-,15?,17-/m0/s1. The fourth-order valence-corrected chi connectivity index (χ4v) is 4.18. The first-order valence-corrected chi connectivity index (χ1v) is 7.39. The lowest BCUT2D eigenvalue weighted by Crippen LogP contribution is -2.51. The van der Waals surface area contributed by atoms with Gasteiger partial charge in [0.05, 0.1) is 11.5 Å². The summed E-state index contributed by atoms with van der Waals surface area (Å²) in [5.41, 5.74) is 0.949. The Balaban J connectivity index is 2.05. The predicted octanol–water partition coefficient (Wildman–Crippen LogP) is 3.49. The van der Waals surface area contributed by atoms with Crippen molar-refractivity contribution in [2.45, 2.75) is 50.0 Å². The molecule has 0 aliphatic heterocycles. The number of ketones is 1. The molecule has 3 atom stereocenters. The maximum absolute atomic E-state index is 12.8. The van der Waals surface area contributed by atoms with Gasteiger partial charge in [-0.3, -0.25) is 4.79 Å². The molecule has 0 heterocycles. The molecule has 19 heavy (non-hydrogen) atoms. The maximum atomic E-state index is 12.8. The second-order valence-electron chi connectivity index (χ2n) is 5.99. The van der Waals surface area contributed by atoms with Crippen LogP contribution in [0.4, 0.5) is 0 Å². The predicted molar refractivity (Wildman–Crippen MR) is 75.1 cm³/mol. The summed E-state index contributed by atoms with van der Waals surface area (Å²) in [5, 5.41) is 0. The summed E-state index contributed by atoms with van der Waals surface area (Å²) in [7, 11) is 1.77. The third kappa shape index (κ3) is 2.02. The van der Waals surface area contributed by atoms with Crippen LogP contribution in [0.15, 0.2) is 30.3 Å². The van der Waals surface area contributed by atoms with Crippen LogP contribution >= 0.6 is 0 Å². The second-order valence-corrected chi connectivity index (χ2v) is 5.99. The van der Waals surface area contributed by atoms with Crippen LogP contribution in [0.5, 0.6) is 0 Å². The van der Waals surface area contributed by atoms with Crippen molar-refractivity contribution in [3.63, 3.8) is 0 Å². The van der Waals surface area contributed by atoms with Gasteiger partial charge in [0.1, 0.15) is 5.78 Å². The van der Waals surface area contributed by atoms with E-state index in [4.69, 9.17) is 4.74 Å². The van der Waals surface area contributed by atoms with E-state index in [2.05, 4.69) is 24.3 Å². The molecule has 3 rings (SSSR count). The van der Waals surface area contributed by atoms with Crippen molar-refractivity contribution in [2.75, 3.05) is 7.11 Å². The van der Waals surface area contributed by atoms with Crippen LogP contribution in [0.3, 0.4) is 0 Å². The Hall–Kier alpha value is -1.15. The van der Waals surface area contributed by atoms with Crippen molar-refractivity contribution in [2.24, 2.45) is 5.92 Å². The van der Waals surface area contributed by atoms with Crippen LogP contribution in [-0.4, -0.2) is 19.0 Å². The fourth-order valence-electron chi connectivity index (χ4n) is 4.18. The van der Waals surface area contributed by atoms with Crippen molar-refractivity contribution in [1.82, 2.24) is 0 Å². The number of rotatable bonds is 2. The Bertz CT molecular complexity index is 454. The molecule has 0 amide bonds. The molecule has 2 heteroatoms. The van der Waals surface area contributed by atoms with Crippen molar-refractivity contribution >= 4 is 5.78 Å². The number of fused-ring (bicyclic) bond motifs is 1. The number of methoxy groups -OCH3 is 1. The summed E-state index contributed by atoms with van der Waals surface area (Å²) in [5.74, 6) is 0.958. The van der Waals surface area contributed by atoms with E-state index in [1.807, 2.05) is 6.07 Å². The first-order chi connectivity index (χ1) is 9.27. The number of ether oxygens (including phenoxy) is 1. The number of Topliss-reactive ketones (excluding diaryl/α,β-unsaturated/α-hetero) is 1. The van der Waals surface area contributed by atoms with Gasteiger partial charge in [-0.2, -0.15) is 0 Å². The minimum absolute atomic E-state index is 0.235. The van der Waals surface area contributed by atoms with Crippen molar-refractivity contribution in [3.8, 4) is 0 Å². The monoisotopic (exact) mass is 258 g/mol. The second kappa shape index (κ2) is 5.09. The molecule has 0 saturated heterocycles. The molecule has 1 aromatic carbocycles. The zero-order chi connectivity index (χ0) is 13.3. The van der Waals surface area contributed by atoms with Gasteiger partial charge in [-0.05, 0) is 43.6 Å². The zero-order valence-electron chi connectivity index (χ0n) is 11.6. The highest BCUT2D eigenvalue weighted by molar-refractivity contribution is 5.91. The van der Waals surface area contributed by atoms with Gasteiger partial charge in [-0.15, -0.1) is 0 Å². The van der Waals surface area contributed by atoms with Crippen molar-refractivity contribution < 1.29 is 9.53 Å². The lowest BCUT2D eigenvalue weighted by Gasteiger charge is -2.48. The Morgan fingerprint density at radius 1 is 1.16 bits per heavy atom. The Kier molecular flexibility index (Phi) is 3.44. The summed E-state index contributed by atoms with van der Waals surface area (Å²) < 4.78 is 5.58. The van der Waals surface area contributed by atoms with Gasteiger partial charge in [0.25, 0.3) is 0 Å². The van der Waals surface area contributed by atoms with Crippen LogP contribution in [-0.2, 0) is 14.9 Å². The first-order valence-electron chi connectivity index (χ1n) is 7.39. The molecule has 0 spiro atoms. The molecule has 0 N–H and O–H groups in total. The summed E-state index contributed by atoms with van der Waals surface area (Å²) in [4.78, 5) is 12.8. The number of benzene rings is 1. The normalized spacial score (nSPS) is 34.9. The molecule has 0 radical (unpaired) electrons. The third-order valence-corrected chi connectivity index (χ3v) is 5.16. The quantitative estimate of drug-likeness (QED) is 0.811. The number of hydrogen-bond donors (Lipinski definition) is 0. The Labute approximate surface area is 115 Å². The van der Waals surface area contributed by atoms with Gasteiger partial charge in [-0.1, -0.05) is 30.3 Å². The van der Waals surface area contributed by atoms with Gasteiger partial charge in [-0.25, -0.2) is 0 Å². The lowest BCUT2D eigenvalue weighted by atomic mass is 9.55. The van der Waals surface area contributed by atoms with Crippen molar-refractivity contribution in [3.05, 3.63) is 35.9 Å². The molecule has 0 aromatic heterocycles. The molecular formula is C17H22O2. The highest BCUT2D eigenvalue weighted by Crippen LogP contribution is 2.50. The summed E-state index contributed by atoms with van der Waals surface area (Å²) in [6, 6.07) is 10.4. The summed E-state index contributed by atoms with van der Waals surface area (Å²) in [6.45, 7) is 0. The Morgan fingerprint density at radius 2 is 1.95 bits per heavy atom. The van der Waals surface area contributed by atoms with Crippen LogP contribution in [0.25, 0.3) is 0 Å². The molecule has 2 aliphatic carbocycles. The van der Waals surface area contributed by atoms with E-state index >= 15 is 0 Å². The molecular weight excluding hydrogens is 236 g/mol. The van der Waals surface area contributed by atoms with Crippen LogP contribution in [0.1, 0.15) is 44.1 Å². The maximum Gasteiger partial charge on any atom is 0.143 e. The zero-order valence-corrected chi connectivity index (χ0v) is 11.6. The summed E-state index contributed by atoms with van der Waals surface area (Å²) in [6.07, 6.45) is 6.33. The van der Waals surface area contributed by atoms with Gasteiger partial charge in [0, 0.05) is 13.5 Å². The van der Waals surface area contributed by atoms with E-state index < -0.39 is 0 Å². The van der Waals surface area contributed by atoms with E-state index in [-0.39, 0.29) is 11.5 Å². The minimum Gasteiger partial charge on any atom is -0.381 e. The number of carbonyl (C=O) groups excluding carboxylic acids is 1. The number of carbonyl (C=O) groups is 1. The third-order valence-electron chi connectivity index (χ3n) is 5.16. The molecule has 2 nitrogen and oxygen atoms in total. The van der Waals surface area contributed by atoms with Crippen LogP contribution in [0, 0.1) is 5.92 Å². The highest BCUT2D eigenvalue weighted by Gasteiger charge is 2.51.